The van der Waals surface area contributed by atoms with Crippen LogP contribution in [0.4, 0.5) is 0 Å². The standard InChI is InChI=1S/C13H18BrN/c1-2-3-11-8-15-9-13(11)10-4-6-12(14)7-5-10/h4-7,11,13,15H,2-3,8-9H2,1H3/t11-,13-/m0/s1. The first-order valence-corrected chi connectivity index (χ1v) is 6.56. The highest BCUT2D eigenvalue weighted by atomic mass is 79.9. The number of hydrogen-bond acceptors (Lipinski definition) is 1. The molecule has 2 heteroatoms. The molecule has 1 aliphatic rings. The zero-order chi connectivity index (χ0) is 10.7. The van der Waals surface area contributed by atoms with Crippen LogP contribution in [0.25, 0.3) is 0 Å². The Morgan fingerprint density at radius 3 is 2.67 bits per heavy atom. The monoisotopic (exact) mass is 267 g/mol. The molecule has 2 atom stereocenters. The van der Waals surface area contributed by atoms with Gasteiger partial charge in [-0.15, -0.1) is 0 Å². The molecule has 1 aliphatic heterocycles. The fourth-order valence-corrected chi connectivity index (χ4v) is 2.77. The summed E-state index contributed by atoms with van der Waals surface area (Å²) >= 11 is 3.48. The van der Waals surface area contributed by atoms with Crippen LogP contribution in [0, 0.1) is 5.92 Å². The van der Waals surface area contributed by atoms with Gasteiger partial charge in [-0.3, -0.25) is 0 Å². The Balaban J connectivity index is 2.11. The molecular formula is C13H18BrN. The molecule has 15 heavy (non-hydrogen) atoms. The molecule has 0 unspecified atom stereocenters. The predicted octanol–water partition coefficient (Wildman–Crippen LogP) is 3.55. The number of benzene rings is 1. The van der Waals surface area contributed by atoms with Gasteiger partial charge in [0.05, 0.1) is 0 Å². The van der Waals surface area contributed by atoms with Crippen LogP contribution >= 0.6 is 15.9 Å². The minimum atomic E-state index is 0.720. The second-order valence-corrected chi connectivity index (χ2v) is 5.28. The van der Waals surface area contributed by atoms with Crippen LogP contribution < -0.4 is 5.32 Å². The summed E-state index contributed by atoms with van der Waals surface area (Å²) in [6.45, 7) is 4.61. The average Bonchev–Trinajstić information content (AvgIpc) is 2.68. The van der Waals surface area contributed by atoms with Crippen molar-refractivity contribution in [3.8, 4) is 0 Å². The molecule has 0 radical (unpaired) electrons. The maximum absolute atomic E-state index is 3.51. The third-order valence-corrected chi connectivity index (χ3v) is 3.83. The van der Waals surface area contributed by atoms with Gasteiger partial charge in [0.25, 0.3) is 0 Å². The first kappa shape index (κ1) is 11.2. The van der Waals surface area contributed by atoms with E-state index < -0.39 is 0 Å². The zero-order valence-electron chi connectivity index (χ0n) is 9.17. The van der Waals surface area contributed by atoms with Crippen LogP contribution in [-0.2, 0) is 0 Å². The van der Waals surface area contributed by atoms with Crippen molar-refractivity contribution in [2.45, 2.75) is 25.7 Å². The number of rotatable bonds is 3. The maximum Gasteiger partial charge on any atom is 0.0175 e. The Morgan fingerprint density at radius 1 is 1.27 bits per heavy atom. The van der Waals surface area contributed by atoms with Crippen molar-refractivity contribution in [1.29, 1.82) is 0 Å². The number of halogens is 1. The highest BCUT2D eigenvalue weighted by molar-refractivity contribution is 9.10. The van der Waals surface area contributed by atoms with Gasteiger partial charge in [-0.05, 0) is 36.6 Å². The van der Waals surface area contributed by atoms with E-state index in [-0.39, 0.29) is 0 Å². The summed E-state index contributed by atoms with van der Waals surface area (Å²) in [5.74, 6) is 1.55. The summed E-state index contributed by atoms with van der Waals surface area (Å²) in [6, 6.07) is 8.81. The van der Waals surface area contributed by atoms with Crippen LogP contribution in [-0.4, -0.2) is 13.1 Å². The van der Waals surface area contributed by atoms with Gasteiger partial charge in [0.15, 0.2) is 0 Å². The van der Waals surface area contributed by atoms with E-state index in [0.717, 1.165) is 18.4 Å². The second-order valence-electron chi connectivity index (χ2n) is 4.37. The van der Waals surface area contributed by atoms with E-state index in [4.69, 9.17) is 0 Å². The first-order valence-electron chi connectivity index (χ1n) is 5.77. The summed E-state index contributed by atoms with van der Waals surface area (Å²) in [6.07, 6.45) is 2.63. The molecule has 0 aliphatic carbocycles. The minimum absolute atomic E-state index is 0.720. The third-order valence-electron chi connectivity index (χ3n) is 3.30. The van der Waals surface area contributed by atoms with Gasteiger partial charge in [0.1, 0.15) is 0 Å². The van der Waals surface area contributed by atoms with Gasteiger partial charge in [-0.2, -0.15) is 0 Å². The maximum atomic E-state index is 3.51. The lowest BCUT2D eigenvalue weighted by Crippen LogP contribution is -2.10. The van der Waals surface area contributed by atoms with Crippen molar-refractivity contribution in [1.82, 2.24) is 5.32 Å². The fourth-order valence-electron chi connectivity index (χ4n) is 2.51. The summed E-state index contributed by atoms with van der Waals surface area (Å²) in [7, 11) is 0. The molecule has 2 rings (SSSR count). The smallest absolute Gasteiger partial charge is 0.0175 e. The lowest BCUT2D eigenvalue weighted by molar-refractivity contribution is 0.473. The van der Waals surface area contributed by atoms with Gasteiger partial charge < -0.3 is 5.32 Å². The Bertz CT molecular complexity index is 307. The normalized spacial score (nSPS) is 25.7. The van der Waals surface area contributed by atoms with Gasteiger partial charge in [0, 0.05) is 16.9 Å². The molecule has 1 saturated heterocycles. The fraction of sp³-hybridized carbons (Fsp3) is 0.538. The van der Waals surface area contributed by atoms with Crippen LogP contribution in [0.5, 0.6) is 0 Å². The van der Waals surface area contributed by atoms with Gasteiger partial charge in [0.2, 0.25) is 0 Å². The Hall–Kier alpha value is -0.340. The third kappa shape index (κ3) is 2.61. The molecule has 1 fully saturated rings. The minimum Gasteiger partial charge on any atom is -0.316 e. The average molecular weight is 268 g/mol. The molecule has 1 nitrogen and oxygen atoms in total. The highest BCUT2D eigenvalue weighted by Gasteiger charge is 2.27. The van der Waals surface area contributed by atoms with E-state index in [1.165, 1.54) is 29.4 Å². The second kappa shape index (κ2) is 5.13. The van der Waals surface area contributed by atoms with E-state index >= 15 is 0 Å². The van der Waals surface area contributed by atoms with E-state index in [0.29, 0.717) is 0 Å². The van der Waals surface area contributed by atoms with Crippen molar-refractivity contribution in [3.63, 3.8) is 0 Å². The molecular weight excluding hydrogens is 250 g/mol. The van der Waals surface area contributed by atoms with Crippen molar-refractivity contribution in [2.75, 3.05) is 13.1 Å². The van der Waals surface area contributed by atoms with Crippen molar-refractivity contribution >= 4 is 15.9 Å². The van der Waals surface area contributed by atoms with Crippen molar-refractivity contribution in [2.24, 2.45) is 5.92 Å². The Labute approximate surface area is 100 Å². The van der Waals surface area contributed by atoms with Crippen molar-refractivity contribution < 1.29 is 0 Å². The predicted molar refractivity (Wildman–Crippen MR) is 68.2 cm³/mol. The zero-order valence-corrected chi connectivity index (χ0v) is 10.8. The largest absolute Gasteiger partial charge is 0.316 e. The molecule has 1 aromatic rings. The van der Waals surface area contributed by atoms with Crippen molar-refractivity contribution in [3.05, 3.63) is 34.3 Å². The molecule has 0 amide bonds. The van der Waals surface area contributed by atoms with Crippen LogP contribution in [0.1, 0.15) is 31.2 Å². The molecule has 1 N–H and O–H groups in total. The van der Waals surface area contributed by atoms with E-state index in [1.807, 2.05) is 0 Å². The van der Waals surface area contributed by atoms with Gasteiger partial charge in [-0.1, -0.05) is 41.4 Å². The number of hydrogen-bond donors (Lipinski definition) is 1. The Morgan fingerprint density at radius 2 is 2.00 bits per heavy atom. The van der Waals surface area contributed by atoms with E-state index in [1.54, 1.807) is 0 Å². The topological polar surface area (TPSA) is 12.0 Å². The summed E-state index contributed by atoms with van der Waals surface area (Å²) in [4.78, 5) is 0. The quantitative estimate of drug-likeness (QED) is 0.884. The van der Waals surface area contributed by atoms with Crippen LogP contribution in [0.2, 0.25) is 0 Å². The van der Waals surface area contributed by atoms with Gasteiger partial charge in [-0.25, -0.2) is 0 Å². The SMILES string of the molecule is CCC[C@H]1CNC[C@H]1c1ccc(Br)cc1. The Kier molecular flexibility index (Phi) is 3.81. The molecule has 0 spiro atoms. The molecule has 0 bridgehead atoms. The molecule has 0 saturated carbocycles. The lowest BCUT2D eigenvalue weighted by atomic mass is 9.86. The highest BCUT2D eigenvalue weighted by Crippen LogP contribution is 2.31. The molecule has 82 valence electrons. The first-order chi connectivity index (χ1) is 7.31. The summed E-state index contributed by atoms with van der Waals surface area (Å²) in [5.41, 5.74) is 1.49. The lowest BCUT2D eigenvalue weighted by Gasteiger charge is -2.18. The van der Waals surface area contributed by atoms with Gasteiger partial charge >= 0.3 is 0 Å². The van der Waals surface area contributed by atoms with E-state index in [9.17, 15) is 0 Å². The summed E-state index contributed by atoms with van der Waals surface area (Å²) in [5, 5.41) is 3.51. The number of nitrogens with one attached hydrogen (secondary N) is 1. The molecule has 0 aromatic heterocycles. The van der Waals surface area contributed by atoms with Crippen LogP contribution in [0.15, 0.2) is 28.7 Å². The summed E-state index contributed by atoms with van der Waals surface area (Å²) < 4.78 is 1.17. The van der Waals surface area contributed by atoms with E-state index in [2.05, 4.69) is 52.4 Å². The molecule has 1 aromatic carbocycles. The molecule has 1 heterocycles. The van der Waals surface area contributed by atoms with Crippen LogP contribution in [0.3, 0.4) is 0 Å².